The molecule has 0 atom stereocenters. The van der Waals surface area contributed by atoms with E-state index in [1.54, 1.807) is 11.3 Å². The topological polar surface area (TPSA) is 24.3 Å². The van der Waals surface area contributed by atoms with E-state index in [1.807, 2.05) is 0 Å². The highest BCUT2D eigenvalue weighted by molar-refractivity contribution is 7.07. The van der Waals surface area contributed by atoms with Crippen molar-refractivity contribution in [3.8, 4) is 0 Å². The molecule has 0 unspecified atom stereocenters. The third kappa shape index (κ3) is 3.67. The summed E-state index contributed by atoms with van der Waals surface area (Å²) >= 11 is 1.79. The minimum absolute atomic E-state index is 1.07. The van der Waals surface area contributed by atoms with Crippen LogP contribution < -0.4 is 0 Å². The van der Waals surface area contributed by atoms with Crippen molar-refractivity contribution in [2.45, 2.75) is 45.3 Å². The number of imidazole rings is 1. The van der Waals surface area contributed by atoms with Crippen LogP contribution in [0.4, 0.5) is 0 Å². The molecule has 0 aliphatic carbocycles. The molecule has 0 N–H and O–H groups in total. The van der Waals surface area contributed by atoms with Gasteiger partial charge in [0, 0.05) is 45.3 Å². The molecule has 0 saturated carbocycles. The van der Waals surface area contributed by atoms with Gasteiger partial charge in [-0.05, 0) is 48.3 Å². The molecule has 4 heterocycles. The van der Waals surface area contributed by atoms with E-state index < -0.39 is 0 Å². The number of hydrogen-bond donors (Lipinski definition) is 0. The Labute approximate surface area is 142 Å². The molecule has 2 aromatic rings. The summed E-state index contributed by atoms with van der Waals surface area (Å²) in [6, 6.07) is 2.25. The van der Waals surface area contributed by atoms with Crippen molar-refractivity contribution in [3.05, 3.63) is 40.1 Å². The fourth-order valence-electron chi connectivity index (χ4n) is 3.81. The van der Waals surface area contributed by atoms with E-state index in [-0.39, 0.29) is 0 Å². The minimum atomic E-state index is 1.07. The van der Waals surface area contributed by atoms with Gasteiger partial charge in [-0.1, -0.05) is 6.42 Å². The average Bonchev–Trinajstić information content (AvgIpc) is 3.17. The average molecular weight is 331 g/mol. The van der Waals surface area contributed by atoms with Gasteiger partial charge in [-0.3, -0.25) is 9.80 Å². The van der Waals surface area contributed by atoms with Crippen LogP contribution in [0, 0.1) is 0 Å². The molecule has 2 aliphatic heterocycles. The first-order valence-electron chi connectivity index (χ1n) is 8.87. The van der Waals surface area contributed by atoms with Crippen LogP contribution in [0.5, 0.6) is 0 Å². The SMILES string of the molecule is c1cc(CN2CCc3ncc(CN4CCCCC4)n3CC2)cs1. The Morgan fingerprint density at radius 1 is 0.957 bits per heavy atom. The van der Waals surface area contributed by atoms with Crippen molar-refractivity contribution in [3.63, 3.8) is 0 Å². The van der Waals surface area contributed by atoms with Crippen molar-refractivity contribution in [2.75, 3.05) is 26.2 Å². The van der Waals surface area contributed by atoms with Crippen LogP contribution in [-0.4, -0.2) is 45.5 Å². The van der Waals surface area contributed by atoms with Crippen molar-refractivity contribution in [2.24, 2.45) is 0 Å². The zero-order chi connectivity index (χ0) is 15.5. The molecule has 0 amide bonds. The number of aromatic nitrogens is 2. The Bertz CT molecular complexity index is 613. The Hall–Kier alpha value is -1.17. The quantitative estimate of drug-likeness (QED) is 0.861. The van der Waals surface area contributed by atoms with Crippen LogP contribution in [-0.2, 0) is 26.1 Å². The lowest BCUT2D eigenvalue weighted by atomic mass is 10.1. The van der Waals surface area contributed by atoms with Crippen LogP contribution in [0.15, 0.2) is 23.0 Å². The molecular weight excluding hydrogens is 304 g/mol. The van der Waals surface area contributed by atoms with Gasteiger partial charge in [0.2, 0.25) is 0 Å². The molecule has 2 aliphatic rings. The molecule has 0 radical (unpaired) electrons. The predicted molar refractivity (Wildman–Crippen MR) is 94.7 cm³/mol. The van der Waals surface area contributed by atoms with E-state index in [4.69, 9.17) is 4.98 Å². The van der Waals surface area contributed by atoms with Gasteiger partial charge < -0.3 is 4.57 Å². The first kappa shape index (κ1) is 15.4. The summed E-state index contributed by atoms with van der Waals surface area (Å²) in [6.07, 6.45) is 7.31. The van der Waals surface area contributed by atoms with Gasteiger partial charge >= 0.3 is 0 Å². The maximum atomic E-state index is 4.73. The molecule has 4 rings (SSSR count). The largest absolute Gasteiger partial charge is 0.329 e. The summed E-state index contributed by atoms with van der Waals surface area (Å²) in [6.45, 7) is 8.01. The van der Waals surface area contributed by atoms with Gasteiger partial charge in [0.25, 0.3) is 0 Å². The first-order valence-corrected chi connectivity index (χ1v) is 9.82. The van der Waals surface area contributed by atoms with Crippen LogP contribution in [0.2, 0.25) is 0 Å². The lowest BCUT2D eigenvalue weighted by Crippen LogP contribution is -2.30. The zero-order valence-electron chi connectivity index (χ0n) is 13.8. The second kappa shape index (κ2) is 7.16. The van der Waals surface area contributed by atoms with Crippen LogP contribution in [0.3, 0.4) is 0 Å². The highest BCUT2D eigenvalue weighted by atomic mass is 32.1. The number of likely N-dealkylation sites (tertiary alicyclic amines) is 1. The lowest BCUT2D eigenvalue weighted by Gasteiger charge is -2.26. The fourth-order valence-corrected chi connectivity index (χ4v) is 4.47. The molecule has 0 spiro atoms. The van der Waals surface area contributed by atoms with E-state index >= 15 is 0 Å². The van der Waals surface area contributed by atoms with E-state index in [0.717, 1.165) is 39.1 Å². The Morgan fingerprint density at radius 2 is 1.83 bits per heavy atom. The van der Waals surface area contributed by atoms with E-state index in [1.165, 1.54) is 49.4 Å². The normalized spacial score (nSPS) is 20.3. The first-order chi connectivity index (χ1) is 11.4. The van der Waals surface area contributed by atoms with E-state index in [0.29, 0.717) is 0 Å². The molecular formula is C18H26N4S. The zero-order valence-corrected chi connectivity index (χ0v) is 14.6. The maximum absolute atomic E-state index is 4.73. The van der Waals surface area contributed by atoms with Gasteiger partial charge in [-0.2, -0.15) is 11.3 Å². The molecule has 4 nitrogen and oxygen atoms in total. The maximum Gasteiger partial charge on any atom is 0.110 e. The number of rotatable bonds is 4. The molecule has 1 fully saturated rings. The van der Waals surface area contributed by atoms with Gasteiger partial charge in [-0.25, -0.2) is 4.98 Å². The number of hydrogen-bond acceptors (Lipinski definition) is 4. The summed E-state index contributed by atoms with van der Waals surface area (Å²) in [5.74, 6) is 1.28. The van der Waals surface area contributed by atoms with Gasteiger partial charge in [0.1, 0.15) is 5.82 Å². The van der Waals surface area contributed by atoms with E-state index in [2.05, 4.69) is 37.4 Å². The van der Waals surface area contributed by atoms with Crippen LogP contribution in [0.25, 0.3) is 0 Å². The molecule has 5 heteroatoms. The minimum Gasteiger partial charge on any atom is -0.329 e. The third-order valence-corrected chi connectivity index (χ3v) is 5.86. The Balaban J connectivity index is 1.40. The number of piperidine rings is 1. The fraction of sp³-hybridized carbons (Fsp3) is 0.611. The number of thiophene rings is 1. The van der Waals surface area contributed by atoms with Gasteiger partial charge in [0.15, 0.2) is 0 Å². The number of nitrogens with zero attached hydrogens (tertiary/aromatic N) is 4. The van der Waals surface area contributed by atoms with Crippen molar-refractivity contribution in [1.82, 2.24) is 19.4 Å². The van der Waals surface area contributed by atoms with E-state index in [9.17, 15) is 0 Å². The highest BCUT2D eigenvalue weighted by Gasteiger charge is 2.19. The molecule has 124 valence electrons. The van der Waals surface area contributed by atoms with Crippen LogP contribution in [0.1, 0.15) is 36.3 Å². The van der Waals surface area contributed by atoms with Crippen molar-refractivity contribution in [1.29, 1.82) is 0 Å². The number of fused-ring (bicyclic) bond motifs is 1. The monoisotopic (exact) mass is 330 g/mol. The highest BCUT2D eigenvalue weighted by Crippen LogP contribution is 2.18. The van der Waals surface area contributed by atoms with Gasteiger partial charge in [-0.15, -0.1) is 0 Å². The second-order valence-corrected chi connectivity index (χ2v) is 7.59. The van der Waals surface area contributed by atoms with Crippen molar-refractivity contribution >= 4 is 11.3 Å². The molecule has 2 aromatic heterocycles. The smallest absolute Gasteiger partial charge is 0.110 e. The summed E-state index contributed by atoms with van der Waals surface area (Å²) in [4.78, 5) is 9.90. The van der Waals surface area contributed by atoms with Crippen LogP contribution >= 0.6 is 11.3 Å². The summed E-state index contributed by atoms with van der Waals surface area (Å²) in [7, 11) is 0. The van der Waals surface area contributed by atoms with Gasteiger partial charge in [0.05, 0.1) is 5.69 Å². The molecule has 1 saturated heterocycles. The third-order valence-electron chi connectivity index (χ3n) is 5.13. The molecule has 23 heavy (non-hydrogen) atoms. The standard InChI is InChI=1S/C18H26N4S/c1-2-6-20(7-3-1)14-17-12-19-18-4-8-21(9-10-22(17)18)13-16-5-11-23-15-16/h5,11-12,15H,1-4,6-10,13-14H2. The molecule has 0 aromatic carbocycles. The Morgan fingerprint density at radius 3 is 2.65 bits per heavy atom. The predicted octanol–water partition coefficient (Wildman–Crippen LogP) is 2.99. The summed E-state index contributed by atoms with van der Waals surface area (Å²) in [5.41, 5.74) is 2.86. The summed E-state index contributed by atoms with van der Waals surface area (Å²) in [5, 5.41) is 4.44. The Kier molecular flexibility index (Phi) is 4.78. The molecule has 0 bridgehead atoms. The second-order valence-electron chi connectivity index (χ2n) is 6.81. The summed E-state index contributed by atoms with van der Waals surface area (Å²) < 4.78 is 2.49. The lowest BCUT2D eigenvalue weighted by molar-refractivity contribution is 0.214. The van der Waals surface area contributed by atoms with Crippen molar-refractivity contribution < 1.29 is 0 Å².